The Morgan fingerprint density at radius 1 is 1.39 bits per heavy atom. The lowest BCUT2D eigenvalue weighted by Gasteiger charge is -2.09. The molecule has 9 nitrogen and oxygen atoms in total. The maximum Gasteiger partial charge on any atom is 0.413 e. The van der Waals surface area contributed by atoms with Gasteiger partial charge in [-0.15, -0.1) is 0 Å². The molecular formula is C14H13N5O4. The molecule has 0 saturated heterocycles. The quantitative estimate of drug-likeness (QED) is 0.814. The number of hydrogen-bond acceptors (Lipinski definition) is 6. The number of aromatic amines is 1. The van der Waals surface area contributed by atoms with Crippen molar-refractivity contribution in [1.82, 2.24) is 15.0 Å². The van der Waals surface area contributed by atoms with E-state index in [0.717, 1.165) is 5.01 Å². The number of H-pyrrole nitrogens is 1. The number of imidazole rings is 1. The minimum absolute atomic E-state index is 0.144. The molecule has 2 N–H and O–H groups in total. The lowest BCUT2D eigenvalue weighted by molar-refractivity contribution is -0.126. The van der Waals surface area contributed by atoms with E-state index in [9.17, 15) is 14.4 Å². The Morgan fingerprint density at radius 2 is 2.17 bits per heavy atom. The van der Waals surface area contributed by atoms with Gasteiger partial charge in [0.1, 0.15) is 0 Å². The number of amides is 3. The molecular weight excluding hydrogens is 302 g/mol. The van der Waals surface area contributed by atoms with Crippen LogP contribution in [-0.2, 0) is 9.53 Å². The van der Waals surface area contributed by atoms with Crippen molar-refractivity contribution in [2.75, 3.05) is 12.4 Å². The van der Waals surface area contributed by atoms with Gasteiger partial charge in [0.05, 0.1) is 24.6 Å². The molecule has 23 heavy (non-hydrogen) atoms. The molecule has 1 aromatic carbocycles. The summed E-state index contributed by atoms with van der Waals surface area (Å²) < 4.78 is 4.48. The number of ether oxygens (including phenoxy) is 1. The summed E-state index contributed by atoms with van der Waals surface area (Å²) in [5, 5.41) is 7.19. The molecule has 0 atom stereocenters. The van der Waals surface area contributed by atoms with Crippen molar-refractivity contribution in [3.05, 3.63) is 23.8 Å². The van der Waals surface area contributed by atoms with Gasteiger partial charge in [-0.1, -0.05) is 0 Å². The minimum Gasteiger partial charge on any atom is -0.453 e. The summed E-state index contributed by atoms with van der Waals surface area (Å²) in [4.78, 5) is 42.2. The molecule has 0 fully saturated rings. The Balaban J connectivity index is 1.89. The van der Waals surface area contributed by atoms with Gasteiger partial charge < -0.3 is 9.72 Å². The first kappa shape index (κ1) is 14.7. The number of fused-ring (bicyclic) bond motifs is 1. The number of methoxy groups -OCH3 is 1. The maximum absolute atomic E-state index is 12.4. The van der Waals surface area contributed by atoms with Gasteiger partial charge in [-0.05, 0) is 25.1 Å². The summed E-state index contributed by atoms with van der Waals surface area (Å²) in [7, 11) is 1.24. The maximum atomic E-state index is 12.4. The van der Waals surface area contributed by atoms with Crippen LogP contribution in [0.3, 0.4) is 0 Å². The first-order chi connectivity index (χ1) is 11.0. The molecule has 1 aromatic heterocycles. The fourth-order valence-electron chi connectivity index (χ4n) is 2.19. The van der Waals surface area contributed by atoms with Gasteiger partial charge in [0.15, 0.2) is 0 Å². The van der Waals surface area contributed by atoms with Crippen LogP contribution in [0, 0.1) is 0 Å². The Labute approximate surface area is 130 Å². The van der Waals surface area contributed by atoms with E-state index in [-0.39, 0.29) is 23.8 Å². The monoisotopic (exact) mass is 315 g/mol. The number of aromatic nitrogens is 2. The molecule has 1 aliphatic rings. The van der Waals surface area contributed by atoms with Gasteiger partial charge in [0.25, 0.3) is 11.8 Å². The number of carbonyl (C=O) groups is 3. The highest BCUT2D eigenvalue weighted by molar-refractivity contribution is 6.14. The second-order valence-corrected chi connectivity index (χ2v) is 4.96. The SMILES string of the molecule is COC(=O)Nc1nc2ccc(C(=O)N3N=C(C)CC3=O)cc2[nH]1. The smallest absolute Gasteiger partial charge is 0.413 e. The van der Waals surface area contributed by atoms with Crippen LogP contribution in [-0.4, -0.2) is 45.7 Å². The van der Waals surface area contributed by atoms with Crippen LogP contribution in [0.4, 0.5) is 10.7 Å². The van der Waals surface area contributed by atoms with E-state index in [1.54, 1.807) is 25.1 Å². The number of carbonyl (C=O) groups excluding carboxylic acids is 3. The molecule has 118 valence electrons. The lowest BCUT2D eigenvalue weighted by atomic mass is 10.2. The van der Waals surface area contributed by atoms with Crippen molar-refractivity contribution in [3.8, 4) is 0 Å². The summed E-state index contributed by atoms with van der Waals surface area (Å²) >= 11 is 0. The summed E-state index contributed by atoms with van der Waals surface area (Å²) in [6.07, 6.45) is -0.515. The van der Waals surface area contributed by atoms with E-state index in [2.05, 4.69) is 25.1 Å². The third-order valence-electron chi connectivity index (χ3n) is 3.24. The first-order valence-corrected chi connectivity index (χ1v) is 6.74. The molecule has 1 aliphatic heterocycles. The van der Waals surface area contributed by atoms with Crippen molar-refractivity contribution >= 4 is 40.6 Å². The van der Waals surface area contributed by atoms with Crippen molar-refractivity contribution in [3.63, 3.8) is 0 Å². The summed E-state index contributed by atoms with van der Waals surface area (Å²) in [5.41, 5.74) is 1.98. The molecule has 0 unspecified atom stereocenters. The van der Waals surface area contributed by atoms with Gasteiger partial charge in [0, 0.05) is 11.3 Å². The second-order valence-electron chi connectivity index (χ2n) is 4.96. The standard InChI is InChI=1S/C14H13N5O4/c1-7-5-11(20)19(18-7)12(21)8-3-4-9-10(6-8)16-13(15-9)17-14(22)23-2/h3-4,6H,5H2,1-2H3,(H2,15,16,17,22). The summed E-state index contributed by atoms with van der Waals surface area (Å²) in [6.45, 7) is 1.69. The Hall–Kier alpha value is -3.23. The van der Waals surface area contributed by atoms with E-state index in [1.165, 1.54) is 7.11 Å². The molecule has 0 saturated carbocycles. The number of hydrogen-bond donors (Lipinski definition) is 2. The molecule has 2 aromatic rings. The van der Waals surface area contributed by atoms with Gasteiger partial charge in [0.2, 0.25) is 5.95 Å². The molecule has 0 aliphatic carbocycles. The number of imide groups is 1. The van der Waals surface area contributed by atoms with Gasteiger partial charge >= 0.3 is 6.09 Å². The molecule has 0 radical (unpaired) electrons. The molecule has 0 bridgehead atoms. The largest absolute Gasteiger partial charge is 0.453 e. The van der Waals surface area contributed by atoms with E-state index >= 15 is 0 Å². The summed E-state index contributed by atoms with van der Waals surface area (Å²) in [6, 6.07) is 4.70. The fourth-order valence-corrected chi connectivity index (χ4v) is 2.19. The third-order valence-corrected chi connectivity index (χ3v) is 3.24. The first-order valence-electron chi connectivity index (χ1n) is 6.74. The molecule has 0 spiro atoms. The highest BCUT2D eigenvalue weighted by Gasteiger charge is 2.28. The number of benzene rings is 1. The number of rotatable bonds is 2. The van der Waals surface area contributed by atoms with Crippen molar-refractivity contribution in [1.29, 1.82) is 0 Å². The van der Waals surface area contributed by atoms with Gasteiger partial charge in [-0.2, -0.15) is 10.1 Å². The predicted octanol–water partition coefficient (Wildman–Crippen LogP) is 1.49. The third kappa shape index (κ3) is 2.76. The average molecular weight is 315 g/mol. The Kier molecular flexibility index (Phi) is 3.53. The molecule has 9 heteroatoms. The van der Waals surface area contributed by atoms with Crippen LogP contribution in [0.15, 0.2) is 23.3 Å². The van der Waals surface area contributed by atoms with Crippen LogP contribution >= 0.6 is 0 Å². The predicted molar refractivity (Wildman–Crippen MR) is 81.0 cm³/mol. The molecule has 3 amide bonds. The minimum atomic E-state index is -0.659. The van der Waals surface area contributed by atoms with Crippen molar-refractivity contribution in [2.45, 2.75) is 13.3 Å². The van der Waals surface area contributed by atoms with E-state index < -0.39 is 12.0 Å². The van der Waals surface area contributed by atoms with Crippen molar-refractivity contribution in [2.24, 2.45) is 5.10 Å². The molecule has 3 rings (SSSR count). The van der Waals surface area contributed by atoms with Crippen LogP contribution in [0.25, 0.3) is 11.0 Å². The number of hydrazone groups is 1. The molecule has 2 heterocycles. The average Bonchev–Trinajstić information content (AvgIpc) is 3.07. The zero-order valence-electron chi connectivity index (χ0n) is 12.4. The second kappa shape index (κ2) is 5.52. The van der Waals surface area contributed by atoms with Crippen LogP contribution < -0.4 is 5.32 Å². The summed E-state index contributed by atoms with van der Waals surface area (Å²) in [5.74, 6) is -0.668. The number of nitrogens with one attached hydrogen (secondary N) is 2. The van der Waals surface area contributed by atoms with Crippen LogP contribution in [0.5, 0.6) is 0 Å². The van der Waals surface area contributed by atoms with Crippen LogP contribution in [0.2, 0.25) is 0 Å². The normalized spacial score (nSPS) is 14.1. The number of nitrogens with zero attached hydrogens (tertiary/aromatic N) is 3. The van der Waals surface area contributed by atoms with Crippen LogP contribution in [0.1, 0.15) is 23.7 Å². The van der Waals surface area contributed by atoms with E-state index in [0.29, 0.717) is 16.7 Å². The van der Waals surface area contributed by atoms with Gasteiger partial charge in [-0.25, -0.2) is 9.78 Å². The van der Waals surface area contributed by atoms with E-state index in [1.807, 2.05) is 0 Å². The zero-order valence-corrected chi connectivity index (χ0v) is 12.4. The zero-order chi connectivity index (χ0) is 16.6. The Morgan fingerprint density at radius 3 is 2.83 bits per heavy atom. The van der Waals surface area contributed by atoms with Gasteiger partial charge in [-0.3, -0.25) is 14.9 Å². The van der Waals surface area contributed by atoms with E-state index in [4.69, 9.17) is 0 Å². The van der Waals surface area contributed by atoms with Crippen molar-refractivity contribution < 1.29 is 19.1 Å². The highest BCUT2D eigenvalue weighted by Crippen LogP contribution is 2.19. The Bertz CT molecular complexity index is 854. The topological polar surface area (TPSA) is 117 Å². The highest BCUT2D eigenvalue weighted by atomic mass is 16.5. The number of anilines is 1. The lowest BCUT2D eigenvalue weighted by Crippen LogP contribution is -2.28. The fraction of sp³-hybridized carbons (Fsp3) is 0.214.